The lowest BCUT2D eigenvalue weighted by atomic mass is 10.0. The molecular weight excluding hydrogens is 336 g/mol. The summed E-state index contributed by atoms with van der Waals surface area (Å²) in [5, 5.41) is 4.68. The monoisotopic (exact) mass is 356 g/mol. The molecule has 0 N–H and O–H groups in total. The molecule has 0 unspecified atom stereocenters. The number of rotatable bonds is 5. The van der Waals surface area contributed by atoms with Gasteiger partial charge in [0.05, 0.1) is 31.8 Å². The first-order valence-corrected chi connectivity index (χ1v) is 8.72. The van der Waals surface area contributed by atoms with Gasteiger partial charge in [0.15, 0.2) is 0 Å². The van der Waals surface area contributed by atoms with Crippen molar-refractivity contribution in [3.8, 4) is 39.6 Å². The zero-order valence-electron chi connectivity index (χ0n) is 15.3. The molecule has 4 heteroatoms. The zero-order chi connectivity index (χ0) is 18.6. The second-order valence-corrected chi connectivity index (χ2v) is 6.11. The van der Waals surface area contributed by atoms with Crippen molar-refractivity contribution in [1.82, 2.24) is 9.78 Å². The summed E-state index contributed by atoms with van der Waals surface area (Å²) in [6, 6.07) is 26.2. The Labute approximate surface area is 158 Å². The predicted molar refractivity (Wildman–Crippen MR) is 108 cm³/mol. The summed E-state index contributed by atoms with van der Waals surface area (Å²) in [5.74, 6) is 1.66. The number of para-hydroxylation sites is 1. The second-order valence-electron chi connectivity index (χ2n) is 6.11. The maximum absolute atomic E-state index is 5.31. The minimum absolute atomic E-state index is 0.829. The van der Waals surface area contributed by atoms with Crippen LogP contribution in [0, 0.1) is 0 Å². The van der Waals surface area contributed by atoms with Gasteiger partial charge < -0.3 is 9.47 Å². The highest BCUT2D eigenvalue weighted by molar-refractivity contribution is 5.82. The molecule has 4 nitrogen and oxygen atoms in total. The summed E-state index contributed by atoms with van der Waals surface area (Å²) in [4.78, 5) is 0. The van der Waals surface area contributed by atoms with Crippen molar-refractivity contribution in [2.45, 2.75) is 0 Å². The molecule has 134 valence electrons. The number of nitrogens with zero attached hydrogens (tertiary/aromatic N) is 2. The lowest BCUT2D eigenvalue weighted by Crippen LogP contribution is -1.99. The first-order chi connectivity index (χ1) is 13.3. The molecular formula is C23H20N2O2. The fourth-order valence-corrected chi connectivity index (χ4v) is 3.12. The van der Waals surface area contributed by atoms with Crippen molar-refractivity contribution in [2.75, 3.05) is 14.2 Å². The van der Waals surface area contributed by atoms with Crippen LogP contribution in [-0.2, 0) is 0 Å². The average molecular weight is 356 g/mol. The van der Waals surface area contributed by atoms with Crippen LogP contribution in [0.3, 0.4) is 0 Å². The Morgan fingerprint density at radius 2 is 1.22 bits per heavy atom. The lowest BCUT2D eigenvalue weighted by Gasteiger charge is -2.11. The van der Waals surface area contributed by atoms with Crippen molar-refractivity contribution in [1.29, 1.82) is 0 Å². The number of aromatic nitrogens is 2. The van der Waals surface area contributed by atoms with E-state index in [0.717, 1.165) is 39.6 Å². The summed E-state index contributed by atoms with van der Waals surface area (Å²) in [6.45, 7) is 0. The molecule has 0 atom stereocenters. The largest absolute Gasteiger partial charge is 0.497 e. The third kappa shape index (κ3) is 3.29. The van der Waals surface area contributed by atoms with E-state index >= 15 is 0 Å². The van der Waals surface area contributed by atoms with Gasteiger partial charge >= 0.3 is 0 Å². The third-order valence-electron chi connectivity index (χ3n) is 4.53. The molecule has 27 heavy (non-hydrogen) atoms. The maximum Gasteiger partial charge on any atom is 0.118 e. The minimum Gasteiger partial charge on any atom is -0.497 e. The van der Waals surface area contributed by atoms with E-state index in [4.69, 9.17) is 9.47 Å². The molecule has 3 aromatic carbocycles. The number of ether oxygens (including phenoxy) is 2. The van der Waals surface area contributed by atoms with E-state index in [1.807, 2.05) is 53.3 Å². The highest BCUT2D eigenvalue weighted by Crippen LogP contribution is 2.35. The SMILES string of the molecule is COc1ccc(-c2cnn(-c3ccccc3)c2-c2ccc(OC)cc2)cc1. The van der Waals surface area contributed by atoms with Crippen LogP contribution >= 0.6 is 0 Å². The highest BCUT2D eigenvalue weighted by atomic mass is 16.5. The van der Waals surface area contributed by atoms with Crippen LogP contribution in [0.2, 0.25) is 0 Å². The fraction of sp³-hybridized carbons (Fsp3) is 0.0870. The smallest absolute Gasteiger partial charge is 0.118 e. The summed E-state index contributed by atoms with van der Waals surface area (Å²) in [6.07, 6.45) is 1.91. The van der Waals surface area contributed by atoms with E-state index in [0.29, 0.717) is 0 Å². The molecule has 0 bridgehead atoms. The Morgan fingerprint density at radius 3 is 1.78 bits per heavy atom. The molecule has 0 saturated carbocycles. The van der Waals surface area contributed by atoms with Crippen LogP contribution in [0.1, 0.15) is 0 Å². The van der Waals surface area contributed by atoms with Crippen molar-refractivity contribution >= 4 is 0 Å². The van der Waals surface area contributed by atoms with Crippen LogP contribution in [0.5, 0.6) is 11.5 Å². The van der Waals surface area contributed by atoms with Gasteiger partial charge in [0, 0.05) is 11.1 Å². The standard InChI is InChI=1S/C23H20N2O2/c1-26-20-12-8-17(9-13-20)22-16-24-25(19-6-4-3-5-7-19)23(22)18-10-14-21(27-2)15-11-18/h3-16H,1-2H3. The lowest BCUT2D eigenvalue weighted by molar-refractivity contribution is 0.414. The van der Waals surface area contributed by atoms with Gasteiger partial charge in [-0.2, -0.15) is 5.10 Å². The van der Waals surface area contributed by atoms with E-state index in [9.17, 15) is 0 Å². The summed E-state index contributed by atoms with van der Waals surface area (Å²) < 4.78 is 12.6. The first-order valence-electron chi connectivity index (χ1n) is 8.72. The quantitative estimate of drug-likeness (QED) is 0.492. The van der Waals surface area contributed by atoms with Gasteiger partial charge in [-0.15, -0.1) is 0 Å². The van der Waals surface area contributed by atoms with Crippen molar-refractivity contribution in [3.05, 3.63) is 85.1 Å². The number of benzene rings is 3. The number of methoxy groups -OCH3 is 2. The summed E-state index contributed by atoms with van der Waals surface area (Å²) in [5.41, 5.74) is 5.27. The molecule has 0 radical (unpaired) electrons. The molecule has 0 aliphatic carbocycles. The zero-order valence-corrected chi connectivity index (χ0v) is 15.3. The van der Waals surface area contributed by atoms with Crippen LogP contribution in [0.4, 0.5) is 0 Å². The predicted octanol–water partition coefficient (Wildman–Crippen LogP) is 5.22. The molecule has 0 amide bonds. The van der Waals surface area contributed by atoms with Gasteiger partial charge in [-0.25, -0.2) is 4.68 Å². The maximum atomic E-state index is 5.31. The molecule has 1 heterocycles. The topological polar surface area (TPSA) is 36.3 Å². The van der Waals surface area contributed by atoms with Gasteiger partial charge in [0.1, 0.15) is 11.5 Å². The molecule has 1 aromatic heterocycles. The van der Waals surface area contributed by atoms with Crippen molar-refractivity contribution < 1.29 is 9.47 Å². The fourth-order valence-electron chi connectivity index (χ4n) is 3.12. The van der Waals surface area contributed by atoms with Crippen molar-refractivity contribution in [3.63, 3.8) is 0 Å². The number of hydrogen-bond donors (Lipinski definition) is 0. The Bertz CT molecular complexity index is 1020. The van der Waals surface area contributed by atoms with Crippen LogP contribution in [0.15, 0.2) is 85.1 Å². The van der Waals surface area contributed by atoms with E-state index in [1.54, 1.807) is 14.2 Å². The van der Waals surface area contributed by atoms with Crippen molar-refractivity contribution in [2.24, 2.45) is 0 Å². The summed E-state index contributed by atoms with van der Waals surface area (Å²) in [7, 11) is 3.34. The molecule has 0 spiro atoms. The summed E-state index contributed by atoms with van der Waals surface area (Å²) >= 11 is 0. The molecule has 0 aliphatic rings. The van der Waals surface area contributed by atoms with E-state index in [1.165, 1.54) is 0 Å². The molecule has 0 fully saturated rings. The van der Waals surface area contributed by atoms with Gasteiger partial charge in [0.2, 0.25) is 0 Å². The Kier molecular flexibility index (Phi) is 4.62. The van der Waals surface area contributed by atoms with Gasteiger partial charge in [-0.1, -0.05) is 30.3 Å². The van der Waals surface area contributed by atoms with E-state index in [2.05, 4.69) is 41.5 Å². The minimum atomic E-state index is 0.829. The van der Waals surface area contributed by atoms with E-state index in [-0.39, 0.29) is 0 Å². The molecule has 0 aliphatic heterocycles. The van der Waals surface area contributed by atoms with Crippen LogP contribution < -0.4 is 9.47 Å². The molecule has 4 aromatic rings. The number of hydrogen-bond acceptors (Lipinski definition) is 3. The second kappa shape index (κ2) is 7.38. The van der Waals surface area contributed by atoms with E-state index < -0.39 is 0 Å². The van der Waals surface area contributed by atoms with Gasteiger partial charge in [-0.05, 0) is 54.1 Å². The molecule has 0 saturated heterocycles. The van der Waals surface area contributed by atoms with Crippen LogP contribution in [0.25, 0.3) is 28.1 Å². The Hall–Kier alpha value is -3.53. The van der Waals surface area contributed by atoms with Crippen LogP contribution in [-0.4, -0.2) is 24.0 Å². The normalized spacial score (nSPS) is 10.6. The first kappa shape index (κ1) is 16.9. The van der Waals surface area contributed by atoms with Gasteiger partial charge in [-0.3, -0.25) is 0 Å². The Balaban J connectivity index is 1.89. The third-order valence-corrected chi connectivity index (χ3v) is 4.53. The average Bonchev–Trinajstić information content (AvgIpc) is 3.19. The molecule has 4 rings (SSSR count). The van der Waals surface area contributed by atoms with Gasteiger partial charge in [0.25, 0.3) is 0 Å². The highest BCUT2D eigenvalue weighted by Gasteiger charge is 2.16. The Morgan fingerprint density at radius 1 is 0.667 bits per heavy atom.